The van der Waals surface area contributed by atoms with Crippen LogP contribution in [-0.4, -0.2) is 20.6 Å². The molecule has 0 spiro atoms. The minimum absolute atomic E-state index is 0.0995. The van der Waals surface area contributed by atoms with Crippen molar-refractivity contribution >= 4 is 60.3 Å². The molecule has 106 valence electrons. The number of halogens is 2. The lowest BCUT2D eigenvalue weighted by Gasteiger charge is -2.08. The second-order valence-electron chi connectivity index (χ2n) is 3.97. The van der Waals surface area contributed by atoms with Crippen LogP contribution in [0.25, 0.3) is 0 Å². The van der Waals surface area contributed by atoms with Crippen molar-refractivity contribution in [2.45, 2.75) is 4.90 Å². The van der Waals surface area contributed by atoms with E-state index in [9.17, 15) is 13.2 Å². The molecule has 0 bridgehead atoms. The van der Waals surface area contributed by atoms with Crippen molar-refractivity contribution in [1.82, 2.24) is 0 Å². The molecule has 0 saturated carbocycles. The summed E-state index contributed by atoms with van der Waals surface area (Å²) in [5.41, 5.74) is 0.264. The summed E-state index contributed by atoms with van der Waals surface area (Å²) < 4.78 is 23.7. The number of carbonyl (C=O) groups excluding carboxylic acids is 1. The van der Waals surface area contributed by atoms with Gasteiger partial charge in [-0.15, -0.1) is 11.3 Å². The van der Waals surface area contributed by atoms with E-state index in [4.69, 9.17) is 11.6 Å². The number of nitrogens with one attached hydrogen (secondary N) is 1. The predicted molar refractivity (Wildman–Crippen MR) is 84.5 cm³/mol. The molecule has 0 aliphatic carbocycles. The van der Waals surface area contributed by atoms with Crippen molar-refractivity contribution in [3.63, 3.8) is 0 Å². The van der Waals surface area contributed by atoms with Crippen molar-refractivity contribution in [2.24, 2.45) is 0 Å². The summed E-state index contributed by atoms with van der Waals surface area (Å²) >= 11 is 10.5. The Kier molecular flexibility index (Phi) is 4.53. The maximum absolute atomic E-state index is 12.1. The van der Waals surface area contributed by atoms with E-state index in [1.165, 1.54) is 29.5 Å². The zero-order chi connectivity index (χ0) is 14.9. The zero-order valence-electron chi connectivity index (χ0n) is 10.2. The molecular weight excluding hydrogens is 386 g/mol. The molecule has 2 rings (SSSR count). The van der Waals surface area contributed by atoms with Gasteiger partial charge < -0.3 is 5.32 Å². The van der Waals surface area contributed by atoms with E-state index in [0.717, 1.165) is 6.26 Å². The molecule has 1 amide bonds. The summed E-state index contributed by atoms with van der Waals surface area (Å²) in [5, 5.41) is 4.66. The summed E-state index contributed by atoms with van der Waals surface area (Å²) in [5.74, 6) is -0.348. The number of hydrogen-bond acceptors (Lipinski definition) is 4. The molecular formula is C12H9BrClNO3S2. The van der Waals surface area contributed by atoms with E-state index < -0.39 is 9.84 Å². The first-order valence-electron chi connectivity index (χ1n) is 5.33. The van der Waals surface area contributed by atoms with Crippen LogP contribution in [0.2, 0.25) is 5.02 Å². The van der Waals surface area contributed by atoms with Crippen LogP contribution in [0.3, 0.4) is 0 Å². The zero-order valence-corrected chi connectivity index (χ0v) is 14.2. The molecule has 0 aliphatic heterocycles. The first-order chi connectivity index (χ1) is 9.29. The van der Waals surface area contributed by atoms with Gasteiger partial charge in [-0.3, -0.25) is 4.79 Å². The maximum Gasteiger partial charge on any atom is 0.266 e. The van der Waals surface area contributed by atoms with Gasteiger partial charge in [0.1, 0.15) is 4.88 Å². The molecule has 0 unspecified atom stereocenters. The topological polar surface area (TPSA) is 63.2 Å². The molecule has 1 N–H and O–H groups in total. The number of benzene rings is 1. The Bertz CT molecular complexity index is 771. The first-order valence-corrected chi connectivity index (χ1v) is 9.27. The molecule has 1 heterocycles. The van der Waals surface area contributed by atoms with Crippen LogP contribution in [0, 0.1) is 0 Å². The molecule has 0 atom stereocenters. The SMILES string of the molecule is CS(=O)(=O)c1ccc(Cl)c(NC(=O)c2sccc2Br)c1. The molecule has 0 saturated heterocycles. The van der Waals surface area contributed by atoms with Gasteiger partial charge in [-0.1, -0.05) is 11.6 Å². The second-order valence-corrected chi connectivity index (χ2v) is 8.16. The maximum atomic E-state index is 12.1. The van der Waals surface area contributed by atoms with E-state index in [1.807, 2.05) is 0 Å². The summed E-state index contributed by atoms with van der Waals surface area (Å²) in [7, 11) is -3.36. The Morgan fingerprint density at radius 3 is 2.60 bits per heavy atom. The van der Waals surface area contributed by atoms with Crippen molar-refractivity contribution in [1.29, 1.82) is 0 Å². The monoisotopic (exact) mass is 393 g/mol. The van der Waals surface area contributed by atoms with Crippen LogP contribution in [0.1, 0.15) is 9.67 Å². The Hall–Kier alpha value is -0.890. The average Bonchev–Trinajstić information content (AvgIpc) is 2.77. The Labute approximate surface area is 133 Å². The minimum Gasteiger partial charge on any atom is -0.320 e. The molecule has 0 radical (unpaired) electrons. The highest BCUT2D eigenvalue weighted by Gasteiger charge is 2.15. The van der Waals surface area contributed by atoms with Gasteiger partial charge in [-0.25, -0.2) is 8.42 Å². The highest BCUT2D eigenvalue weighted by Crippen LogP contribution is 2.28. The van der Waals surface area contributed by atoms with Crippen LogP contribution in [0.4, 0.5) is 5.69 Å². The Morgan fingerprint density at radius 2 is 2.05 bits per heavy atom. The molecule has 2 aromatic rings. The van der Waals surface area contributed by atoms with Crippen molar-refractivity contribution < 1.29 is 13.2 Å². The van der Waals surface area contributed by atoms with Gasteiger partial charge in [0, 0.05) is 10.7 Å². The third-order valence-corrected chi connectivity index (χ3v) is 5.71. The quantitative estimate of drug-likeness (QED) is 0.861. The number of thiophene rings is 1. The molecule has 4 nitrogen and oxygen atoms in total. The number of carbonyl (C=O) groups is 1. The number of anilines is 1. The van der Waals surface area contributed by atoms with Crippen LogP contribution in [-0.2, 0) is 9.84 Å². The number of amides is 1. The van der Waals surface area contributed by atoms with Gasteiger partial charge >= 0.3 is 0 Å². The normalized spacial score (nSPS) is 11.3. The predicted octanol–water partition coefficient (Wildman–Crippen LogP) is 3.82. The van der Waals surface area contributed by atoms with Gasteiger partial charge in [-0.2, -0.15) is 0 Å². The lowest BCUT2D eigenvalue weighted by atomic mass is 10.3. The largest absolute Gasteiger partial charge is 0.320 e. The molecule has 1 aromatic carbocycles. The standard InChI is InChI=1S/C12H9BrClNO3S2/c1-20(17,18)7-2-3-9(14)10(6-7)15-12(16)11-8(13)4-5-19-11/h2-6H,1H3,(H,15,16). The lowest BCUT2D eigenvalue weighted by Crippen LogP contribution is -2.11. The molecule has 8 heteroatoms. The van der Waals surface area contributed by atoms with Gasteiger partial charge in [0.25, 0.3) is 5.91 Å². The van der Waals surface area contributed by atoms with E-state index in [2.05, 4.69) is 21.2 Å². The van der Waals surface area contributed by atoms with E-state index in [1.54, 1.807) is 11.4 Å². The third kappa shape index (κ3) is 3.41. The van der Waals surface area contributed by atoms with E-state index in [-0.39, 0.29) is 21.5 Å². The molecule has 20 heavy (non-hydrogen) atoms. The van der Waals surface area contributed by atoms with Crippen LogP contribution in [0.5, 0.6) is 0 Å². The highest BCUT2D eigenvalue weighted by atomic mass is 79.9. The van der Waals surface area contributed by atoms with Crippen LogP contribution in [0.15, 0.2) is 39.0 Å². The fourth-order valence-electron chi connectivity index (χ4n) is 1.47. The minimum atomic E-state index is -3.36. The van der Waals surface area contributed by atoms with Gasteiger partial charge in [0.15, 0.2) is 9.84 Å². The Balaban J connectivity index is 2.34. The summed E-state index contributed by atoms with van der Waals surface area (Å²) in [6.45, 7) is 0. The van der Waals surface area contributed by atoms with E-state index >= 15 is 0 Å². The summed E-state index contributed by atoms with van der Waals surface area (Å²) in [4.78, 5) is 12.7. The summed E-state index contributed by atoms with van der Waals surface area (Å²) in [6, 6.07) is 5.94. The fraction of sp³-hybridized carbons (Fsp3) is 0.0833. The smallest absolute Gasteiger partial charge is 0.266 e. The Morgan fingerprint density at radius 1 is 1.35 bits per heavy atom. The number of rotatable bonds is 3. The second kappa shape index (κ2) is 5.85. The van der Waals surface area contributed by atoms with Gasteiger partial charge in [-0.05, 0) is 45.6 Å². The van der Waals surface area contributed by atoms with Crippen molar-refractivity contribution in [3.8, 4) is 0 Å². The highest BCUT2D eigenvalue weighted by molar-refractivity contribution is 9.10. The third-order valence-electron chi connectivity index (χ3n) is 2.44. The van der Waals surface area contributed by atoms with E-state index in [0.29, 0.717) is 9.35 Å². The lowest BCUT2D eigenvalue weighted by molar-refractivity contribution is 0.103. The average molecular weight is 395 g/mol. The number of hydrogen-bond donors (Lipinski definition) is 1. The summed E-state index contributed by atoms with van der Waals surface area (Å²) in [6.07, 6.45) is 1.09. The van der Waals surface area contributed by atoms with Crippen molar-refractivity contribution in [2.75, 3.05) is 11.6 Å². The first kappa shape index (κ1) is 15.5. The van der Waals surface area contributed by atoms with Gasteiger partial charge in [0.2, 0.25) is 0 Å². The molecule has 0 fully saturated rings. The molecule has 1 aromatic heterocycles. The number of sulfone groups is 1. The van der Waals surface area contributed by atoms with Gasteiger partial charge in [0.05, 0.1) is 15.6 Å². The van der Waals surface area contributed by atoms with Crippen LogP contribution < -0.4 is 5.32 Å². The van der Waals surface area contributed by atoms with Crippen molar-refractivity contribution in [3.05, 3.63) is 44.0 Å². The fourth-order valence-corrected chi connectivity index (χ4v) is 3.72. The molecule has 0 aliphatic rings. The van der Waals surface area contributed by atoms with Crippen LogP contribution >= 0.6 is 38.9 Å².